The van der Waals surface area contributed by atoms with Gasteiger partial charge in [-0.05, 0) is 52.9 Å². The second-order valence-corrected chi connectivity index (χ2v) is 9.39. The summed E-state index contributed by atoms with van der Waals surface area (Å²) < 4.78 is 6.25. The van der Waals surface area contributed by atoms with Gasteiger partial charge in [0.15, 0.2) is 0 Å². The molecule has 4 rings (SSSR count). The summed E-state index contributed by atoms with van der Waals surface area (Å²) in [5.74, 6) is 0.726. The molecule has 6 nitrogen and oxygen atoms in total. The smallest absolute Gasteiger partial charge is 0.216 e. The van der Waals surface area contributed by atoms with Crippen molar-refractivity contribution in [2.24, 2.45) is 0 Å². The molecule has 4 aromatic carbocycles. The molecule has 0 fully saturated rings. The van der Waals surface area contributed by atoms with Crippen LogP contribution in [0.1, 0.15) is 34.7 Å². The minimum absolute atomic E-state index is 0.0413. The van der Waals surface area contributed by atoms with Gasteiger partial charge in [-0.2, -0.15) is 5.26 Å². The maximum atomic E-state index is 11.1. The summed E-state index contributed by atoms with van der Waals surface area (Å²) in [4.78, 5) is 11.1. The molecule has 0 bridgehead atoms. The predicted octanol–water partition coefficient (Wildman–Crippen LogP) is 5.95. The molecule has 0 aliphatic rings. The van der Waals surface area contributed by atoms with E-state index in [0.717, 1.165) is 22.6 Å². The topological polar surface area (TPSA) is 86.2 Å². The first kappa shape index (κ1) is 27.4. The van der Waals surface area contributed by atoms with Crippen molar-refractivity contribution >= 4 is 11.6 Å². The zero-order valence-corrected chi connectivity index (χ0v) is 22.5. The fraction of sp³-hybridized carbons (Fsp3) is 0.212. The number of carbonyl (C=O) groups is 1. The third kappa shape index (κ3) is 7.94. The van der Waals surface area contributed by atoms with Gasteiger partial charge in [0.05, 0.1) is 11.6 Å². The van der Waals surface area contributed by atoms with Gasteiger partial charge in [-0.3, -0.25) is 4.79 Å². The Balaban J connectivity index is 1.48. The van der Waals surface area contributed by atoms with Crippen LogP contribution < -0.4 is 20.7 Å². The second-order valence-electron chi connectivity index (χ2n) is 9.39. The highest BCUT2D eigenvalue weighted by atomic mass is 16.5. The lowest BCUT2D eigenvalue weighted by atomic mass is 9.96. The Morgan fingerprint density at radius 2 is 1.69 bits per heavy atom. The van der Waals surface area contributed by atoms with E-state index in [9.17, 15) is 10.1 Å². The Bertz CT molecular complexity index is 1440. The third-order valence-electron chi connectivity index (χ3n) is 6.52. The summed E-state index contributed by atoms with van der Waals surface area (Å²) in [6.07, 6.45) is 0. The number of hydrogen-bond donors (Lipinski definition) is 3. The molecule has 0 saturated carbocycles. The van der Waals surface area contributed by atoms with E-state index in [4.69, 9.17) is 4.74 Å². The lowest BCUT2D eigenvalue weighted by molar-refractivity contribution is -0.118. The van der Waals surface area contributed by atoms with Crippen LogP contribution in [0.3, 0.4) is 0 Å². The van der Waals surface area contributed by atoms with E-state index in [1.165, 1.54) is 29.2 Å². The lowest BCUT2D eigenvalue weighted by Gasteiger charge is -2.17. The average molecular weight is 519 g/mol. The zero-order chi connectivity index (χ0) is 27.5. The molecule has 0 spiro atoms. The summed E-state index contributed by atoms with van der Waals surface area (Å²) in [7, 11) is 0. The standard InChI is InChI=1S/C33H34N4O2/c1-24-29(12-7-13-32(24)28-10-4-3-5-11-28)22-37-31-15-14-30(21-35-16-17-36-25(2)38)33(19-31)39-23-27-9-6-8-26(18-27)20-34/h3-15,18-19,35,37H,16-17,21-23H2,1-2H3,(H,36,38). The molecular weight excluding hydrogens is 484 g/mol. The SMILES string of the molecule is CC(=O)NCCNCc1ccc(NCc2cccc(-c3ccccc3)c2C)cc1OCc1cccc(C#N)c1. The Morgan fingerprint density at radius 1 is 0.872 bits per heavy atom. The van der Waals surface area contributed by atoms with Crippen molar-refractivity contribution in [1.82, 2.24) is 10.6 Å². The molecule has 1 amide bonds. The van der Waals surface area contributed by atoms with Gasteiger partial charge in [0.1, 0.15) is 12.4 Å². The van der Waals surface area contributed by atoms with Crippen molar-refractivity contribution in [1.29, 1.82) is 5.26 Å². The fourth-order valence-corrected chi connectivity index (χ4v) is 4.39. The van der Waals surface area contributed by atoms with Crippen molar-refractivity contribution in [2.45, 2.75) is 33.5 Å². The van der Waals surface area contributed by atoms with Crippen LogP contribution in [0.4, 0.5) is 5.69 Å². The number of nitrogens with one attached hydrogen (secondary N) is 3. The van der Waals surface area contributed by atoms with Crippen molar-refractivity contribution < 1.29 is 9.53 Å². The van der Waals surface area contributed by atoms with Gasteiger partial charge in [0, 0.05) is 50.4 Å². The van der Waals surface area contributed by atoms with Gasteiger partial charge < -0.3 is 20.7 Å². The van der Waals surface area contributed by atoms with Gasteiger partial charge in [-0.25, -0.2) is 0 Å². The second kappa shape index (κ2) is 13.8. The van der Waals surface area contributed by atoms with E-state index in [1.54, 1.807) is 6.07 Å². The van der Waals surface area contributed by atoms with Gasteiger partial charge in [0.25, 0.3) is 0 Å². The van der Waals surface area contributed by atoms with Crippen LogP contribution in [0.2, 0.25) is 0 Å². The van der Waals surface area contributed by atoms with Crippen LogP contribution in [0.5, 0.6) is 5.75 Å². The molecule has 0 aliphatic heterocycles. The molecule has 39 heavy (non-hydrogen) atoms. The van der Waals surface area contributed by atoms with E-state index < -0.39 is 0 Å². The van der Waals surface area contributed by atoms with Gasteiger partial charge >= 0.3 is 0 Å². The predicted molar refractivity (Wildman–Crippen MR) is 156 cm³/mol. The first-order valence-corrected chi connectivity index (χ1v) is 13.1. The molecule has 0 heterocycles. The molecule has 0 atom stereocenters. The molecule has 198 valence electrons. The largest absolute Gasteiger partial charge is 0.488 e. The number of rotatable bonds is 12. The molecule has 0 unspecified atom stereocenters. The first-order valence-electron chi connectivity index (χ1n) is 13.1. The van der Waals surface area contributed by atoms with Gasteiger partial charge in [-0.1, -0.05) is 66.7 Å². The molecule has 4 aromatic rings. The fourth-order valence-electron chi connectivity index (χ4n) is 4.39. The molecule has 0 saturated heterocycles. The minimum Gasteiger partial charge on any atom is -0.488 e. The highest BCUT2D eigenvalue weighted by molar-refractivity contribution is 5.72. The Labute approximate surface area is 230 Å². The number of carbonyl (C=O) groups excluding carboxylic acids is 1. The Morgan fingerprint density at radius 3 is 2.49 bits per heavy atom. The quantitative estimate of drug-likeness (QED) is 0.202. The van der Waals surface area contributed by atoms with Crippen molar-refractivity contribution in [3.05, 3.63) is 119 Å². The third-order valence-corrected chi connectivity index (χ3v) is 6.52. The van der Waals surface area contributed by atoms with Crippen LogP contribution in [0.15, 0.2) is 91.0 Å². The molecule has 6 heteroatoms. The van der Waals surface area contributed by atoms with Crippen LogP contribution in [0, 0.1) is 18.3 Å². The summed E-state index contributed by atoms with van der Waals surface area (Å²) in [6, 6.07) is 32.6. The molecule has 0 aliphatic carbocycles. The van der Waals surface area contributed by atoms with E-state index in [2.05, 4.69) is 83.5 Å². The summed E-state index contributed by atoms with van der Waals surface area (Å²) in [6.45, 7) is 6.54. The molecule has 0 aromatic heterocycles. The maximum absolute atomic E-state index is 11.1. The monoisotopic (exact) mass is 518 g/mol. The Hall–Kier alpha value is -4.60. The van der Waals surface area contributed by atoms with E-state index in [0.29, 0.717) is 38.3 Å². The van der Waals surface area contributed by atoms with Crippen LogP contribution in [0.25, 0.3) is 11.1 Å². The number of ether oxygens (including phenoxy) is 1. The van der Waals surface area contributed by atoms with Crippen LogP contribution in [-0.2, 0) is 24.5 Å². The number of amides is 1. The molecule has 0 radical (unpaired) electrons. The number of benzene rings is 4. The van der Waals surface area contributed by atoms with Crippen molar-refractivity contribution in [3.63, 3.8) is 0 Å². The Kier molecular flexibility index (Phi) is 9.71. The summed E-state index contributed by atoms with van der Waals surface area (Å²) in [5.41, 5.74) is 8.46. The maximum Gasteiger partial charge on any atom is 0.216 e. The highest BCUT2D eigenvalue weighted by Crippen LogP contribution is 2.28. The van der Waals surface area contributed by atoms with Gasteiger partial charge in [0.2, 0.25) is 5.91 Å². The van der Waals surface area contributed by atoms with Gasteiger partial charge in [-0.15, -0.1) is 0 Å². The van der Waals surface area contributed by atoms with E-state index >= 15 is 0 Å². The van der Waals surface area contributed by atoms with Crippen LogP contribution >= 0.6 is 0 Å². The minimum atomic E-state index is -0.0413. The first-order chi connectivity index (χ1) is 19.0. The number of nitriles is 1. The highest BCUT2D eigenvalue weighted by Gasteiger charge is 2.09. The number of nitrogens with zero attached hydrogens (tertiary/aromatic N) is 1. The summed E-state index contributed by atoms with van der Waals surface area (Å²) >= 11 is 0. The normalized spacial score (nSPS) is 10.5. The summed E-state index contributed by atoms with van der Waals surface area (Å²) in [5, 5.41) is 18.9. The molecular formula is C33H34N4O2. The number of anilines is 1. The lowest BCUT2D eigenvalue weighted by Crippen LogP contribution is -2.30. The van der Waals surface area contributed by atoms with E-state index in [1.807, 2.05) is 30.3 Å². The average Bonchev–Trinajstić information content (AvgIpc) is 2.96. The van der Waals surface area contributed by atoms with Crippen molar-refractivity contribution in [2.75, 3.05) is 18.4 Å². The molecule has 3 N–H and O–H groups in total. The van der Waals surface area contributed by atoms with Crippen LogP contribution in [-0.4, -0.2) is 19.0 Å². The van der Waals surface area contributed by atoms with E-state index in [-0.39, 0.29) is 5.91 Å². The zero-order valence-electron chi connectivity index (χ0n) is 22.5. The number of hydrogen-bond acceptors (Lipinski definition) is 5. The van der Waals surface area contributed by atoms with Crippen molar-refractivity contribution in [3.8, 4) is 22.9 Å².